The summed E-state index contributed by atoms with van der Waals surface area (Å²) in [6.45, 7) is 11.6. The highest BCUT2D eigenvalue weighted by atomic mass is 16.3. The van der Waals surface area contributed by atoms with Gasteiger partial charge in [-0.3, -0.25) is 9.55 Å². The lowest BCUT2D eigenvalue weighted by Crippen LogP contribution is -2.01. The summed E-state index contributed by atoms with van der Waals surface area (Å²) in [5, 5.41) is 11.8. The van der Waals surface area contributed by atoms with Gasteiger partial charge >= 0.3 is 0 Å². The maximum atomic E-state index is 11.8. The Labute approximate surface area is 391 Å². The third-order valence-electron chi connectivity index (χ3n) is 12.7. The molecular formula is C62H53N3O. The van der Waals surface area contributed by atoms with Crippen molar-refractivity contribution in [3.8, 4) is 89.7 Å². The first-order chi connectivity index (χ1) is 32.7. The molecule has 0 aliphatic rings. The average Bonchev–Trinajstić information content (AvgIpc) is 3.74. The van der Waals surface area contributed by atoms with E-state index in [4.69, 9.17) is 12.7 Å². The second-order valence-electron chi connectivity index (χ2n) is 17.7. The summed E-state index contributed by atoms with van der Waals surface area (Å²) in [5.74, 6) is -0.956. The molecule has 0 aliphatic heterocycles. The van der Waals surface area contributed by atoms with Gasteiger partial charge in [0.05, 0.1) is 22.3 Å². The normalized spacial score (nSPS) is 12.3. The number of aromatic hydroxyl groups is 1. The molecule has 0 fully saturated rings. The van der Waals surface area contributed by atoms with Crippen molar-refractivity contribution >= 4 is 11.0 Å². The van der Waals surface area contributed by atoms with E-state index in [1.165, 1.54) is 11.1 Å². The average molecular weight is 858 g/mol. The fourth-order valence-electron chi connectivity index (χ4n) is 9.36. The predicted octanol–water partition coefficient (Wildman–Crippen LogP) is 16.7. The molecule has 0 spiro atoms. The minimum absolute atomic E-state index is 0.188. The summed E-state index contributed by atoms with van der Waals surface area (Å²) in [7, 11) is 0. The zero-order valence-electron chi connectivity index (χ0n) is 40.3. The van der Waals surface area contributed by atoms with Gasteiger partial charge in [-0.2, -0.15) is 0 Å². The zero-order chi connectivity index (χ0) is 47.3. The predicted molar refractivity (Wildman–Crippen MR) is 276 cm³/mol. The molecule has 8 aromatic carbocycles. The Kier molecular flexibility index (Phi) is 10.6. The van der Waals surface area contributed by atoms with Gasteiger partial charge in [0.1, 0.15) is 11.6 Å². The van der Waals surface area contributed by atoms with Crippen molar-refractivity contribution < 1.29 is 7.85 Å². The van der Waals surface area contributed by atoms with Crippen LogP contribution in [-0.2, 0) is 0 Å². The molecule has 0 amide bonds. The van der Waals surface area contributed by atoms with E-state index < -0.39 is 11.8 Å². The van der Waals surface area contributed by atoms with Crippen molar-refractivity contribution in [2.24, 2.45) is 0 Å². The number of hydrogen-bond donors (Lipinski definition) is 1. The quantitative estimate of drug-likeness (QED) is 0.149. The number of nitrogens with zero attached hydrogens (tertiary/aromatic N) is 3. The van der Waals surface area contributed by atoms with Crippen LogP contribution in [0.5, 0.6) is 5.75 Å². The van der Waals surface area contributed by atoms with Gasteiger partial charge in [0.15, 0.2) is 0 Å². The molecule has 0 unspecified atom stereocenters. The molecule has 10 aromatic rings. The standard InChI is InChI=1S/C62H53N3O/c1-39(2)53-19-13-20-54(40(3)4)59(53)47-27-29-52(30-28-47)65-58-22-14-21-55(60(58)64-62(65)56-34-41(5)33-42(6)61(56)66)50-35-49(44-17-11-8-12-18-44)36-51(37-50)57-38-48(31-32-63-57)46-25-23-45(24-26-46)43-15-9-7-10-16-43/h7-40,66H,1-6H3/i39D,40D. The number of phenolic OH excluding ortho intramolecular Hbond substituents is 1. The number of para-hydroxylation sites is 1. The third kappa shape index (κ3) is 8.01. The van der Waals surface area contributed by atoms with E-state index in [1.807, 2.05) is 90.2 Å². The first kappa shape index (κ1) is 39.7. The molecule has 66 heavy (non-hydrogen) atoms. The Morgan fingerprint density at radius 2 is 1.05 bits per heavy atom. The van der Waals surface area contributed by atoms with Crippen LogP contribution in [0.1, 0.15) is 64.5 Å². The minimum atomic E-state index is -0.883. The van der Waals surface area contributed by atoms with Crippen LogP contribution < -0.4 is 0 Å². The van der Waals surface area contributed by atoms with Gasteiger partial charge < -0.3 is 5.11 Å². The lowest BCUT2D eigenvalue weighted by Gasteiger charge is -2.20. The van der Waals surface area contributed by atoms with Crippen LogP contribution >= 0.6 is 0 Å². The van der Waals surface area contributed by atoms with Crippen molar-refractivity contribution in [3.63, 3.8) is 0 Å². The Bertz CT molecular complexity index is 3440. The maximum Gasteiger partial charge on any atom is 0.149 e. The zero-order valence-corrected chi connectivity index (χ0v) is 38.3. The van der Waals surface area contributed by atoms with Gasteiger partial charge in [0, 0.05) is 25.8 Å². The topological polar surface area (TPSA) is 50.9 Å². The molecule has 1 N–H and O–H groups in total. The number of pyridine rings is 1. The van der Waals surface area contributed by atoms with E-state index in [-0.39, 0.29) is 5.75 Å². The van der Waals surface area contributed by atoms with Crippen molar-refractivity contribution in [1.29, 1.82) is 0 Å². The molecule has 4 heteroatoms. The van der Waals surface area contributed by atoms with E-state index in [0.717, 1.165) is 94.7 Å². The Morgan fingerprint density at radius 1 is 0.485 bits per heavy atom. The van der Waals surface area contributed by atoms with E-state index in [0.29, 0.717) is 11.4 Å². The highest BCUT2D eigenvalue weighted by molar-refractivity contribution is 5.98. The number of fused-ring (bicyclic) bond motifs is 1. The highest BCUT2D eigenvalue weighted by Crippen LogP contribution is 2.42. The number of hydrogen-bond acceptors (Lipinski definition) is 3. The number of phenols is 1. The summed E-state index contributed by atoms with van der Waals surface area (Å²) in [6, 6.07) is 65.1. The minimum Gasteiger partial charge on any atom is -0.507 e. The van der Waals surface area contributed by atoms with Crippen LogP contribution in [-0.4, -0.2) is 19.6 Å². The van der Waals surface area contributed by atoms with Crippen LogP contribution in [0.25, 0.3) is 95.0 Å². The molecule has 10 rings (SSSR count). The molecule has 0 saturated heterocycles. The van der Waals surface area contributed by atoms with Gasteiger partial charge in [0.25, 0.3) is 0 Å². The summed E-state index contributed by atoms with van der Waals surface area (Å²) >= 11 is 0. The molecular weight excluding hydrogens is 803 g/mol. The molecule has 0 bridgehead atoms. The van der Waals surface area contributed by atoms with Gasteiger partial charge in [-0.05, 0) is 153 Å². The molecule has 0 saturated carbocycles. The number of aromatic nitrogens is 3. The van der Waals surface area contributed by atoms with Gasteiger partial charge in [0.2, 0.25) is 0 Å². The Hall–Kier alpha value is -7.82. The van der Waals surface area contributed by atoms with Crippen molar-refractivity contribution in [3.05, 3.63) is 217 Å². The van der Waals surface area contributed by atoms with Gasteiger partial charge in [-0.15, -0.1) is 0 Å². The number of aryl methyl sites for hydroxylation is 2. The van der Waals surface area contributed by atoms with Crippen molar-refractivity contribution in [2.75, 3.05) is 0 Å². The van der Waals surface area contributed by atoms with E-state index in [9.17, 15) is 5.11 Å². The van der Waals surface area contributed by atoms with E-state index in [2.05, 4.69) is 150 Å². The second-order valence-corrected chi connectivity index (χ2v) is 17.7. The van der Waals surface area contributed by atoms with Crippen LogP contribution in [0.3, 0.4) is 0 Å². The molecule has 0 radical (unpaired) electrons. The van der Waals surface area contributed by atoms with Crippen LogP contribution in [0.2, 0.25) is 0 Å². The largest absolute Gasteiger partial charge is 0.507 e. The first-order valence-corrected chi connectivity index (χ1v) is 22.6. The molecule has 322 valence electrons. The SMILES string of the molecule is [2H]C(C)(C)c1cccc(C([2H])(C)C)c1-c1ccc(-n2c(-c3cc(C)cc(C)c3O)nc3c(-c4cc(-c5ccccc5)cc(-c5cc(-c6ccc(-c7ccccc7)cc6)ccn5)c4)cccc32)cc1. The summed E-state index contributed by atoms with van der Waals surface area (Å²) in [4.78, 5) is 10.4. The Balaban J connectivity index is 1.14. The molecule has 0 aliphatic carbocycles. The van der Waals surface area contributed by atoms with Crippen molar-refractivity contribution in [2.45, 2.75) is 53.3 Å². The fourth-order valence-corrected chi connectivity index (χ4v) is 9.36. The molecule has 0 atom stereocenters. The third-order valence-corrected chi connectivity index (χ3v) is 12.7. The van der Waals surface area contributed by atoms with E-state index in [1.54, 1.807) is 0 Å². The summed E-state index contributed by atoms with van der Waals surface area (Å²) in [6.07, 6.45) is 1.89. The summed E-state index contributed by atoms with van der Waals surface area (Å²) < 4.78 is 20.3. The monoisotopic (exact) mass is 857 g/mol. The highest BCUT2D eigenvalue weighted by Gasteiger charge is 2.23. The van der Waals surface area contributed by atoms with Crippen molar-refractivity contribution in [1.82, 2.24) is 14.5 Å². The lowest BCUT2D eigenvalue weighted by molar-refractivity contribution is 0.472. The summed E-state index contributed by atoms with van der Waals surface area (Å²) in [5.41, 5.74) is 19.1. The van der Waals surface area contributed by atoms with Gasteiger partial charge in [-0.25, -0.2) is 4.98 Å². The smallest absolute Gasteiger partial charge is 0.149 e. The number of imidazole rings is 1. The number of rotatable bonds is 10. The van der Waals surface area contributed by atoms with Crippen LogP contribution in [0.15, 0.2) is 194 Å². The number of benzene rings is 8. The maximum absolute atomic E-state index is 11.8. The molecule has 2 aromatic heterocycles. The Morgan fingerprint density at radius 3 is 1.70 bits per heavy atom. The first-order valence-electron chi connectivity index (χ1n) is 23.6. The molecule has 4 nitrogen and oxygen atoms in total. The van der Waals surface area contributed by atoms with Gasteiger partial charge in [-0.1, -0.05) is 161 Å². The van der Waals surface area contributed by atoms with Crippen LogP contribution in [0, 0.1) is 13.8 Å². The van der Waals surface area contributed by atoms with E-state index >= 15 is 0 Å². The molecule has 2 heterocycles. The van der Waals surface area contributed by atoms with Crippen LogP contribution in [0.4, 0.5) is 0 Å². The fraction of sp³-hybridized carbons (Fsp3) is 0.129. The lowest BCUT2D eigenvalue weighted by atomic mass is 9.85. The second kappa shape index (κ2) is 17.6.